The third-order valence-electron chi connectivity index (χ3n) is 4.05. The number of oxazole rings is 1. The second-order valence-electron chi connectivity index (χ2n) is 6.14. The van der Waals surface area contributed by atoms with Gasteiger partial charge in [0.25, 0.3) is 0 Å². The maximum Gasteiger partial charge on any atom is 0.233 e. The van der Waals surface area contributed by atoms with Crippen molar-refractivity contribution in [1.29, 1.82) is 0 Å². The quantitative estimate of drug-likeness (QED) is 0.433. The summed E-state index contributed by atoms with van der Waals surface area (Å²) in [5.74, 6) is 0.200. The number of aryl methyl sites for hydroxylation is 1. The second-order valence-corrected chi connectivity index (χ2v) is 7.46. The van der Waals surface area contributed by atoms with Crippen LogP contribution in [0.2, 0.25) is 5.02 Å². The zero-order valence-electron chi connectivity index (χ0n) is 14.2. The van der Waals surface area contributed by atoms with Crippen molar-refractivity contribution in [3.63, 3.8) is 0 Å². The number of fused-ring (bicyclic) bond motifs is 1. The first-order chi connectivity index (χ1) is 12.5. The summed E-state index contributed by atoms with van der Waals surface area (Å²) < 4.78 is 22.0. The van der Waals surface area contributed by atoms with Crippen LogP contribution >= 0.6 is 27.5 Å². The Kier molecular flexibility index (Phi) is 5.84. The lowest BCUT2D eigenvalue weighted by Crippen LogP contribution is -3.00. The van der Waals surface area contributed by atoms with Crippen molar-refractivity contribution in [2.75, 3.05) is 0 Å². The molecule has 0 aliphatic heterocycles. The number of aromatic nitrogens is 2. The van der Waals surface area contributed by atoms with E-state index in [1.165, 1.54) is 12.1 Å². The van der Waals surface area contributed by atoms with Crippen LogP contribution in [-0.2, 0) is 6.54 Å². The molecule has 2 aromatic heterocycles. The summed E-state index contributed by atoms with van der Waals surface area (Å²) in [4.78, 5) is 4.59. The fourth-order valence-electron chi connectivity index (χ4n) is 2.81. The molecule has 0 saturated heterocycles. The third kappa shape index (κ3) is 4.32. The van der Waals surface area contributed by atoms with E-state index in [0.717, 1.165) is 32.3 Å². The monoisotopic (exact) mass is 466 g/mol. The molecule has 7 heteroatoms. The van der Waals surface area contributed by atoms with Gasteiger partial charge in [-0.2, -0.15) is 4.57 Å². The molecule has 0 spiro atoms. The van der Waals surface area contributed by atoms with Crippen molar-refractivity contribution in [3.05, 3.63) is 81.3 Å². The molecule has 0 atom stereocenters. The Balaban J connectivity index is 0.00000210. The summed E-state index contributed by atoms with van der Waals surface area (Å²) in [5.41, 5.74) is 4.38. The summed E-state index contributed by atoms with van der Waals surface area (Å²) in [6.45, 7) is 2.53. The van der Waals surface area contributed by atoms with Gasteiger partial charge in [-0.3, -0.25) is 0 Å². The highest BCUT2D eigenvalue weighted by atomic mass is 79.9. The molecule has 0 unspecified atom stereocenters. The summed E-state index contributed by atoms with van der Waals surface area (Å²) in [6.07, 6.45) is 3.86. The standard InChI is InChI=1S/C20H14BrClFN2O.ClH/c1-12-2-5-19-18(6-12)24-20(26-19)14-7-15(21)11-25(10-14)9-13-3-4-16(23)8-17(13)22;/h2-8,10-11H,9H2,1H3;1H/q+1;/p-1. The Labute approximate surface area is 175 Å². The summed E-state index contributed by atoms with van der Waals surface area (Å²) in [5, 5.41) is 0.399. The Morgan fingerprint density at radius 1 is 1.15 bits per heavy atom. The molecule has 27 heavy (non-hydrogen) atoms. The van der Waals surface area contributed by atoms with Gasteiger partial charge in [0, 0.05) is 5.56 Å². The van der Waals surface area contributed by atoms with E-state index < -0.39 is 0 Å². The Bertz CT molecular complexity index is 1130. The van der Waals surface area contributed by atoms with Crippen LogP contribution in [-0.4, -0.2) is 4.98 Å². The molecule has 3 nitrogen and oxygen atoms in total. The molecule has 2 aromatic carbocycles. The first-order valence-electron chi connectivity index (χ1n) is 7.99. The molecule has 0 aliphatic rings. The molecule has 0 aliphatic carbocycles. The fraction of sp³-hybridized carbons (Fsp3) is 0.100. The first kappa shape index (κ1) is 19.8. The fourth-order valence-corrected chi connectivity index (χ4v) is 3.55. The summed E-state index contributed by atoms with van der Waals surface area (Å²) in [6, 6.07) is 12.3. The van der Waals surface area contributed by atoms with Crippen LogP contribution in [0.4, 0.5) is 4.39 Å². The Morgan fingerprint density at radius 2 is 1.96 bits per heavy atom. The van der Waals surface area contributed by atoms with Crippen LogP contribution in [0.15, 0.2) is 63.7 Å². The number of halogens is 4. The van der Waals surface area contributed by atoms with Gasteiger partial charge < -0.3 is 16.8 Å². The molecule has 0 radical (unpaired) electrons. The van der Waals surface area contributed by atoms with Gasteiger partial charge in [-0.1, -0.05) is 17.7 Å². The van der Waals surface area contributed by atoms with Crippen molar-refractivity contribution in [3.8, 4) is 11.5 Å². The van der Waals surface area contributed by atoms with Crippen molar-refractivity contribution in [1.82, 2.24) is 4.98 Å². The normalized spacial score (nSPS) is 10.8. The van der Waals surface area contributed by atoms with Crippen LogP contribution in [0.1, 0.15) is 11.1 Å². The van der Waals surface area contributed by atoms with E-state index >= 15 is 0 Å². The lowest BCUT2D eigenvalue weighted by Gasteiger charge is -2.03. The van der Waals surface area contributed by atoms with Gasteiger partial charge in [-0.05, 0) is 64.8 Å². The molecule has 0 fully saturated rings. The van der Waals surface area contributed by atoms with Crippen molar-refractivity contribution >= 4 is 38.6 Å². The zero-order chi connectivity index (χ0) is 18.3. The van der Waals surface area contributed by atoms with Crippen LogP contribution in [0, 0.1) is 12.7 Å². The molecule has 4 aromatic rings. The minimum absolute atomic E-state index is 0. The van der Waals surface area contributed by atoms with Crippen molar-refractivity contribution < 1.29 is 25.8 Å². The number of rotatable bonds is 3. The molecular weight excluding hydrogens is 454 g/mol. The predicted molar refractivity (Wildman–Crippen MR) is 103 cm³/mol. The van der Waals surface area contributed by atoms with Gasteiger partial charge in [-0.25, -0.2) is 9.37 Å². The van der Waals surface area contributed by atoms with Gasteiger partial charge in [0.1, 0.15) is 16.9 Å². The number of hydrogen-bond donors (Lipinski definition) is 0. The van der Waals surface area contributed by atoms with Crippen LogP contribution in [0.3, 0.4) is 0 Å². The largest absolute Gasteiger partial charge is 1.00 e. The maximum atomic E-state index is 13.2. The first-order valence-corrected chi connectivity index (χ1v) is 9.16. The number of benzene rings is 2. The molecule has 0 amide bonds. The minimum atomic E-state index is -0.347. The SMILES string of the molecule is Cc1ccc2oc(-c3cc(Br)c[n+](Cc4ccc(F)cc4Cl)c3)nc2c1.[Cl-]. The summed E-state index contributed by atoms with van der Waals surface area (Å²) in [7, 11) is 0. The highest BCUT2D eigenvalue weighted by Crippen LogP contribution is 2.26. The number of pyridine rings is 1. The van der Waals surface area contributed by atoms with Crippen molar-refractivity contribution in [2.24, 2.45) is 0 Å². The zero-order valence-corrected chi connectivity index (χ0v) is 17.3. The molecule has 0 saturated carbocycles. The van der Waals surface area contributed by atoms with Crippen LogP contribution < -0.4 is 17.0 Å². The smallest absolute Gasteiger partial charge is 0.233 e. The van der Waals surface area contributed by atoms with E-state index in [9.17, 15) is 4.39 Å². The topological polar surface area (TPSA) is 29.9 Å². The maximum absolute atomic E-state index is 13.2. The van der Waals surface area contributed by atoms with Gasteiger partial charge in [-0.15, -0.1) is 0 Å². The van der Waals surface area contributed by atoms with Crippen LogP contribution in [0.5, 0.6) is 0 Å². The predicted octanol–water partition coefficient (Wildman–Crippen LogP) is 2.70. The van der Waals surface area contributed by atoms with Gasteiger partial charge >= 0.3 is 0 Å². The molecule has 4 rings (SSSR count). The number of hydrogen-bond acceptors (Lipinski definition) is 2. The van der Waals surface area contributed by atoms with Gasteiger partial charge in [0.05, 0.1) is 9.50 Å². The van der Waals surface area contributed by atoms with E-state index in [1.807, 2.05) is 48.1 Å². The van der Waals surface area contributed by atoms with Gasteiger partial charge in [0.15, 0.2) is 24.5 Å². The summed E-state index contributed by atoms with van der Waals surface area (Å²) >= 11 is 9.67. The molecule has 0 N–H and O–H groups in total. The number of nitrogens with zero attached hydrogens (tertiary/aromatic N) is 2. The highest BCUT2D eigenvalue weighted by molar-refractivity contribution is 9.10. The van der Waals surface area contributed by atoms with E-state index in [4.69, 9.17) is 16.0 Å². The minimum Gasteiger partial charge on any atom is -1.00 e. The van der Waals surface area contributed by atoms with Crippen LogP contribution in [0.25, 0.3) is 22.6 Å². The molecule has 0 bridgehead atoms. The Hall–Kier alpha value is -1.95. The van der Waals surface area contributed by atoms with Crippen molar-refractivity contribution in [2.45, 2.75) is 13.5 Å². The Morgan fingerprint density at radius 3 is 2.74 bits per heavy atom. The van der Waals surface area contributed by atoms with Gasteiger partial charge in [0.2, 0.25) is 5.89 Å². The lowest BCUT2D eigenvalue weighted by atomic mass is 10.2. The lowest BCUT2D eigenvalue weighted by molar-refractivity contribution is -0.688. The van der Waals surface area contributed by atoms with E-state index in [2.05, 4.69) is 20.9 Å². The molecular formula is C20H14BrCl2FN2O. The second kappa shape index (κ2) is 7.97. The van der Waals surface area contributed by atoms with E-state index in [1.54, 1.807) is 6.07 Å². The highest BCUT2D eigenvalue weighted by Gasteiger charge is 2.15. The molecule has 138 valence electrons. The average molecular weight is 468 g/mol. The van der Waals surface area contributed by atoms with E-state index in [0.29, 0.717) is 17.5 Å². The average Bonchev–Trinajstić information content (AvgIpc) is 3.00. The molecule has 2 heterocycles. The third-order valence-corrected chi connectivity index (χ3v) is 4.83. The van der Waals surface area contributed by atoms with E-state index in [-0.39, 0.29) is 18.2 Å².